The number of benzene rings is 1. The summed E-state index contributed by atoms with van der Waals surface area (Å²) in [7, 11) is 0. The number of hydrogen-bond donors (Lipinski definition) is 2. The molecule has 0 unspecified atom stereocenters. The van der Waals surface area contributed by atoms with Gasteiger partial charge in [0.15, 0.2) is 0 Å². The van der Waals surface area contributed by atoms with Crippen LogP contribution in [-0.2, 0) is 0 Å². The average molecular weight is 289 g/mol. The maximum atomic E-state index is 12.9. The molecule has 0 amide bonds. The number of anilines is 1. The zero-order valence-corrected chi connectivity index (χ0v) is 12.3. The molecule has 5 heteroatoms. The first-order valence-corrected chi connectivity index (χ1v) is 6.95. The number of rotatable bonds is 6. The third-order valence-electron chi connectivity index (χ3n) is 3.34. The van der Waals surface area contributed by atoms with E-state index in [2.05, 4.69) is 29.4 Å². The predicted octanol–water partition coefficient (Wildman–Crippen LogP) is 3.10. The Morgan fingerprint density at radius 2 is 1.81 bits per heavy atom. The van der Waals surface area contributed by atoms with Crippen LogP contribution < -0.4 is 5.32 Å². The van der Waals surface area contributed by atoms with E-state index in [0.29, 0.717) is 18.1 Å². The Labute approximate surface area is 124 Å². The van der Waals surface area contributed by atoms with Crippen molar-refractivity contribution >= 4 is 5.82 Å². The van der Waals surface area contributed by atoms with Gasteiger partial charge in [-0.15, -0.1) is 10.2 Å². The second-order valence-electron chi connectivity index (χ2n) is 5.80. The molecule has 0 aliphatic heterocycles. The summed E-state index contributed by atoms with van der Waals surface area (Å²) in [6, 6.07) is 9.86. The molecule has 2 rings (SSSR count). The van der Waals surface area contributed by atoms with Gasteiger partial charge >= 0.3 is 0 Å². The minimum atomic E-state index is -0.267. The summed E-state index contributed by atoms with van der Waals surface area (Å²) in [4.78, 5) is 0. The number of nitrogens with one attached hydrogen (secondary N) is 1. The van der Waals surface area contributed by atoms with Crippen molar-refractivity contribution in [3.8, 4) is 11.3 Å². The van der Waals surface area contributed by atoms with Gasteiger partial charge in [0.2, 0.25) is 0 Å². The lowest BCUT2D eigenvalue weighted by atomic mass is 9.90. The first-order valence-electron chi connectivity index (χ1n) is 6.95. The molecule has 21 heavy (non-hydrogen) atoms. The molecule has 0 aliphatic carbocycles. The van der Waals surface area contributed by atoms with E-state index in [9.17, 15) is 4.39 Å². The van der Waals surface area contributed by atoms with Crippen LogP contribution in [0.5, 0.6) is 0 Å². The molecule has 0 fully saturated rings. The SMILES string of the molecule is CC(C)(CCO)CNc1ccc(-c2ccc(F)cc2)nn1. The number of aliphatic hydroxyl groups is 1. The van der Waals surface area contributed by atoms with Gasteiger partial charge in [0, 0.05) is 18.7 Å². The molecule has 2 aromatic rings. The molecule has 112 valence electrons. The minimum Gasteiger partial charge on any atom is -0.396 e. The van der Waals surface area contributed by atoms with Crippen molar-refractivity contribution in [3.05, 3.63) is 42.2 Å². The van der Waals surface area contributed by atoms with Crippen LogP contribution >= 0.6 is 0 Å². The third kappa shape index (κ3) is 4.49. The fraction of sp³-hybridized carbons (Fsp3) is 0.375. The molecule has 1 heterocycles. The highest BCUT2D eigenvalue weighted by atomic mass is 19.1. The van der Waals surface area contributed by atoms with Gasteiger partial charge in [-0.05, 0) is 48.2 Å². The van der Waals surface area contributed by atoms with Crippen LogP contribution in [0.4, 0.5) is 10.2 Å². The summed E-state index contributed by atoms with van der Waals surface area (Å²) in [5.74, 6) is 0.419. The smallest absolute Gasteiger partial charge is 0.148 e. The largest absolute Gasteiger partial charge is 0.396 e. The number of nitrogens with zero attached hydrogens (tertiary/aromatic N) is 2. The molecule has 0 spiro atoms. The van der Waals surface area contributed by atoms with Crippen LogP contribution in [-0.4, -0.2) is 28.5 Å². The van der Waals surface area contributed by atoms with Gasteiger partial charge in [-0.25, -0.2) is 4.39 Å². The maximum absolute atomic E-state index is 12.9. The summed E-state index contributed by atoms with van der Waals surface area (Å²) in [6.45, 7) is 5.04. The van der Waals surface area contributed by atoms with Gasteiger partial charge in [-0.2, -0.15) is 0 Å². The van der Waals surface area contributed by atoms with E-state index in [1.54, 1.807) is 12.1 Å². The van der Waals surface area contributed by atoms with Crippen molar-refractivity contribution in [1.82, 2.24) is 10.2 Å². The molecule has 0 radical (unpaired) electrons. The lowest BCUT2D eigenvalue weighted by Crippen LogP contribution is -2.24. The zero-order valence-electron chi connectivity index (χ0n) is 12.3. The fourth-order valence-corrected chi connectivity index (χ4v) is 1.92. The van der Waals surface area contributed by atoms with E-state index < -0.39 is 0 Å². The van der Waals surface area contributed by atoms with E-state index in [1.165, 1.54) is 12.1 Å². The molecule has 0 bridgehead atoms. The molecule has 0 saturated carbocycles. The topological polar surface area (TPSA) is 58.0 Å². The van der Waals surface area contributed by atoms with Crippen molar-refractivity contribution in [3.63, 3.8) is 0 Å². The van der Waals surface area contributed by atoms with Crippen LogP contribution in [0, 0.1) is 11.2 Å². The van der Waals surface area contributed by atoms with Crippen molar-refractivity contribution in [1.29, 1.82) is 0 Å². The Morgan fingerprint density at radius 1 is 1.10 bits per heavy atom. The quantitative estimate of drug-likeness (QED) is 0.858. The third-order valence-corrected chi connectivity index (χ3v) is 3.34. The number of halogens is 1. The van der Waals surface area contributed by atoms with E-state index in [4.69, 9.17) is 5.11 Å². The number of hydrogen-bond acceptors (Lipinski definition) is 4. The summed E-state index contributed by atoms with van der Waals surface area (Å²) < 4.78 is 12.9. The van der Waals surface area contributed by atoms with Gasteiger partial charge in [0.25, 0.3) is 0 Å². The Morgan fingerprint density at radius 3 is 2.38 bits per heavy atom. The standard InChI is InChI=1S/C16H20FN3O/c1-16(2,9-10-21)11-18-15-8-7-14(19-20-15)12-3-5-13(17)6-4-12/h3-8,21H,9-11H2,1-2H3,(H,18,20). The molecule has 0 saturated heterocycles. The van der Waals surface area contributed by atoms with Gasteiger partial charge in [-0.3, -0.25) is 0 Å². The van der Waals surface area contributed by atoms with Crippen LogP contribution in [0.3, 0.4) is 0 Å². The first kappa shape index (κ1) is 15.4. The van der Waals surface area contributed by atoms with Crippen LogP contribution in [0.25, 0.3) is 11.3 Å². The molecule has 1 aromatic carbocycles. The van der Waals surface area contributed by atoms with Gasteiger partial charge in [0.05, 0.1) is 5.69 Å². The van der Waals surface area contributed by atoms with E-state index in [0.717, 1.165) is 12.0 Å². The average Bonchev–Trinajstić information content (AvgIpc) is 2.47. The Balaban J connectivity index is 2.00. The summed E-state index contributed by atoms with van der Waals surface area (Å²) in [5.41, 5.74) is 1.53. The molecular formula is C16H20FN3O. The van der Waals surface area contributed by atoms with E-state index in [-0.39, 0.29) is 17.8 Å². The highest BCUT2D eigenvalue weighted by molar-refractivity contribution is 5.59. The van der Waals surface area contributed by atoms with Gasteiger partial charge < -0.3 is 10.4 Å². The van der Waals surface area contributed by atoms with Gasteiger partial charge in [-0.1, -0.05) is 13.8 Å². The number of aromatic nitrogens is 2. The molecule has 2 N–H and O–H groups in total. The lowest BCUT2D eigenvalue weighted by molar-refractivity contribution is 0.220. The molecular weight excluding hydrogens is 269 g/mol. The fourth-order valence-electron chi connectivity index (χ4n) is 1.92. The summed E-state index contributed by atoms with van der Waals surface area (Å²) in [6.07, 6.45) is 0.723. The second kappa shape index (κ2) is 6.63. The monoisotopic (exact) mass is 289 g/mol. The molecule has 0 atom stereocenters. The van der Waals surface area contributed by atoms with Crippen LogP contribution in [0.2, 0.25) is 0 Å². The number of aliphatic hydroxyl groups excluding tert-OH is 1. The summed E-state index contributed by atoms with van der Waals surface area (Å²) in [5, 5.41) is 20.5. The minimum absolute atomic E-state index is 0.00788. The normalized spacial score (nSPS) is 11.4. The Hall–Kier alpha value is -2.01. The Kier molecular flexibility index (Phi) is 4.85. The molecule has 4 nitrogen and oxygen atoms in total. The van der Waals surface area contributed by atoms with Crippen molar-refractivity contribution in [2.75, 3.05) is 18.5 Å². The van der Waals surface area contributed by atoms with Crippen LogP contribution in [0.15, 0.2) is 36.4 Å². The highest BCUT2D eigenvalue weighted by Gasteiger charge is 2.16. The maximum Gasteiger partial charge on any atom is 0.148 e. The van der Waals surface area contributed by atoms with Crippen LogP contribution in [0.1, 0.15) is 20.3 Å². The lowest BCUT2D eigenvalue weighted by Gasteiger charge is -2.23. The van der Waals surface area contributed by atoms with Gasteiger partial charge in [0.1, 0.15) is 11.6 Å². The Bertz CT molecular complexity index is 567. The summed E-state index contributed by atoms with van der Waals surface area (Å²) >= 11 is 0. The van der Waals surface area contributed by atoms with Crippen molar-refractivity contribution < 1.29 is 9.50 Å². The van der Waals surface area contributed by atoms with E-state index in [1.807, 2.05) is 12.1 Å². The molecule has 1 aromatic heterocycles. The second-order valence-corrected chi connectivity index (χ2v) is 5.80. The zero-order chi connectivity index (χ0) is 15.3. The first-order chi connectivity index (χ1) is 10.00. The van der Waals surface area contributed by atoms with E-state index >= 15 is 0 Å². The molecule has 0 aliphatic rings. The predicted molar refractivity (Wildman–Crippen MR) is 81.4 cm³/mol. The highest BCUT2D eigenvalue weighted by Crippen LogP contribution is 2.21. The van der Waals surface area contributed by atoms with Crippen molar-refractivity contribution in [2.45, 2.75) is 20.3 Å². The van der Waals surface area contributed by atoms with Crippen molar-refractivity contribution in [2.24, 2.45) is 5.41 Å².